The van der Waals surface area contributed by atoms with Crippen LogP contribution in [0.4, 0.5) is 4.79 Å². The van der Waals surface area contributed by atoms with Gasteiger partial charge in [-0.15, -0.1) is 0 Å². The van der Waals surface area contributed by atoms with Crippen molar-refractivity contribution in [1.82, 2.24) is 10.2 Å². The number of nitrogens with zero attached hydrogens (tertiary/aromatic N) is 1. The lowest BCUT2D eigenvalue weighted by Gasteiger charge is -2.22. The van der Waals surface area contributed by atoms with E-state index in [2.05, 4.69) is 10.1 Å². The molecule has 2 N–H and O–H groups in total. The molecule has 2 amide bonds. The van der Waals surface area contributed by atoms with Gasteiger partial charge in [-0.25, -0.2) is 4.79 Å². The second kappa shape index (κ2) is 7.72. The summed E-state index contributed by atoms with van der Waals surface area (Å²) in [7, 11) is 2.95. The van der Waals surface area contributed by atoms with Crippen LogP contribution in [0.3, 0.4) is 0 Å². The Hall–Kier alpha value is -1.79. The van der Waals surface area contributed by atoms with E-state index in [0.717, 1.165) is 12.8 Å². The number of nitrogens with one attached hydrogen (secondary N) is 1. The Morgan fingerprint density at radius 3 is 2.55 bits per heavy atom. The molecule has 114 valence electrons. The second-order valence-electron chi connectivity index (χ2n) is 5.09. The van der Waals surface area contributed by atoms with Crippen LogP contribution < -0.4 is 5.32 Å². The van der Waals surface area contributed by atoms with Crippen molar-refractivity contribution in [3.8, 4) is 0 Å². The van der Waals surface area contributed by atoms with Crippen LogP contribution in [0.2, 0.25) is 0 Å². The van der Waals surface area contributed by atoms with E-state index in [0.29, 0.717) is 13.0 Å². The first-order valence-corrected chi connectivity index (χ1v) is 6.74. The maximum Gasteiger partial charge on any atom is 0.317 e. The summed E-state index contributed by atoms with van der Waals surface area (Å²) in [5.74, 6) is -0.936. The zero-order valence-corrected chi connectivity index (χ0v) is 11.9. The molecule has 1 fully saturated rings. The van der Waals surface area contributed by atoms with Crippen LogP contribution >= 0.6 is 0 Å². The predicted octanol–water partition coefficient (Wildman–Crippen LogP) is 0.834. The minimum absolute atomic E-state index is 0.0492. The van der Waals surface area contributed by atoms with Crippen molar-refractivity contribution >= 4 is 18.0 Å². The number of esters is 1. The Bertz CT molecular complexity index is 368. The number of hydrogen-bond donors (Lipinski definition) is 2. The number of rotatable bonds is 8. The molecule has 0 aliphatic heterocycles. The summed E-state index contributed by atoms with van der Waals surface area (Å²) in [4.78, 5) is 35.1. The van der Waals surface area contributed by atoms with Gasteiger partial charge in [0, 0.05) is 26.1 Å². The van der Waals surface area contributed by atoms with Gasteiger partial charge in [0.15, 0.2) is 0 Å². The fourth-order valence-electron chi connectivity index (χ4n) is 1.96. The lowest BCUT2D eigenvalue weighted by Crippen LogP contribution is -2.45. The van der Waals surface area contributed by atoms with Crippen LogP contribution in [0.25, 0.3) is 0 Å². The summed E-state index contributed by atoms with van der Waals surface area (Å²) in [6.45, 7) is 0.422. The molecule has 1 aliphatic carbocycles. The number of urea groups is 1. The summed E-state index contributed by atoms with van der Waals surface area (Å²) in [5.41, 5.74) is 0. The fourth-order valence-corrected chi connectivity index (χ4v) is 1.96. The summed E-state index contributed by atoms with van der Waals surface area (Å²) >= 11 is 0. The van der Waals surface area contributed by atoms with E-state index in [4.69, 9.17) is 5.11 Å². The van der Waals surface area contributed by atoms with Crippen molar-refractivity contribution in [1.29, 1.82) is 0 Å². The molecular weight excluding hydrogens is 264 g/mol. The van der Waals surface area contributed by atoms with Crippen molar-refractivity contribution in [2.75, 3.05) is 20.7 Å². The van der Waals surface area contributed by atoms with Gasteiger partial charge in [-0.05, 0) is 25.2 Å². The summed E-state index contributed by atoms with van der Waals surface area (Å²) in [5, 5.41) is 11.6. The van der Waals surface area contributed by atoms with Crippen molar-refractivity contribution in [2.45, 2.75) is 38.1 Å². The number of ether oxygens (including phenoxy) is 1. The van der Waals surface area contributed by atoms with Crippen molar-refractivity contribution in [2.24, 2.45) is 5.92 Å². The van der Waals surface area contributed by atoms with E-state index in [1.54, 1.807) is 7.05 Å². The monoisotopic (exact) mass is 286 g/mol. The molecule has 0 aromatic heterocycles. The molecule has 1 atom stereocenters. The fraction of sp³-hybridized carbons (Fsp3) is 0.769. The average molecular weight is 286 g/mol. The maximum absolute atomic E-state index is 11.9. The highest BCUT2D eigenvalue weighted by Crippen LogP contribution is 2.34. The highest BCUT2D eigenvalue weighted by molar-refractivity contribution is 5.76. The number of carboxylic acid groups (broad SMARTS) is 1. The Morgan fingerprint density at radius 1 is 1.40 bits per heavy atom. The minimum atomic E-state index is -0.907. The highest BCUT2D eigenvalue weighted by Gasteiger charge is 2.34. The highest BCUT2D eigenvalue weighted by atomic mass is 16.5. The largest absolute Gasteiger partial charge is 0.481 e. The number of aliphatic carboxylic acids is 1. The van der Waals surface area contributed by atoms with Crippen molar-refractivity contribution < 1.29 is 24.2 Å². The molecule has 7 nitrogen and oxygen atoms in total. The summed E-state index contributed by atoms with van der Waals surface area (Å²) in [6, 6.07) is -0.601. The Labute approximate surface area is 118 Å². The van der Waals surface area contributed by atoms with Gasteiger partial charge in [0.2, 0.25) is 0 Å². The number of carboxylic acids is 1. The number of amides is 2. The lowest BCUT2D eigenvalue weighted by molar-refractivity contribution is -0.141. The van der Waals surface area contributed by atoms with Gasteiger partial charge < -0.3 is 20.1 Å². The lowest BCUT2D eigenvalue weighted by atomic mass is 10.1. The van der Waals surface area contributed by atoms with Gasteiger partial charge >= 0.3 is 18.0 Å². The molecule has 0 radical (unpaired) electrons. The summed E-state index contributed by atoms with van der Waals surface area (Å²) in [6.07, 6.45) is 2.65. The Morgan fingerprint density at radius 2 is 2.05 bits per heavy atom. The van der Waals surface area contributed by atoms with Crippen LogP contribution in [-0.2, 0) is 14.3 Å². The third-order valence-electron chi connectivity index (χ3n) is 3.34. The van der Waals surface area contributed by atoms with Gasteiger partial charge in [-0.2, -0.15) is 0 Å². The molecule has 0 aromatic rings. The van der Waals surface area contributed by atoms with Crippen LogP contribution in [0.1, 0.15) is 32.1 Å². The number of carbonyl (C=O) groups excluding carboxylic acids is 2. The van der Waals surface area contributed by atoms with E-state index in [1.165, 1.54) is 12.0 Å². The smallest absolute Gasteiger partial charge is 0.317 e. The normalized spacial score (nSPS) is 15.3. The molecule has 0 spiro atoms. The van der Waals surface area contributed by atoms with E-state index >= 15 is 0 Å². The molecule has 20 heavy (non-hydrogen) atoms. The Balaban J connectivity index is 2.31. The molecule has 0 bridgehead atoms. The van der Waals surface area contributed by atoms with Crippen LogP contribution in [0.5, 0.6) is 0 Å². The van der Waals surface area contributed by atoms with Crippen molar-refractivity contribution in [3.05, 3.63) is 0 Å². The molecule has 0 aromatic carbocycles. The first-order valence-electron chi connectivity index (χ1n) is 6.74. The van der Waals surface area contributed by atoms with Crippen molar-refractivity contribution in [3.63, 3.8) is 0 Å². The van der Waals surface area contributed by atoms with E-state index < -0.39 is 5.97 Å². The molecule has 1 rings (SSSR count). The van der Waals surface area contributed by atoms with Gasteiger partial charge in [-0.3, -0.25) is 9.59 Å². The predicted molar refractivity (Wildman–Crippen MR) is 71.2 cm³/mol. The van der Waals surface area contributed by atoms with Gasteiger partial charge in [0.05, 0.1) is 13.5 Å². The van der Waals surface area contributed by atoms with Gasteiger partial charge in [0.1, 0.15) is 0 Å². The average Bonchev–Trinajstić information content (AvgIpc) is 3.21. The number of carbonyl (C=O) groups is 3. The number of hydrogen-bond acceptors (Lipinski definition) is 4. The SMILES string of the molecule is COC(=O)CCCN(C)C(=O)NC(CC(=O)O)C1CC1. The van der Waals surface area contributed by atoms with Crippen LogP contribution in [0, 0.1) is 5.92 Å². The number of methoxy groups -OCH3 is 1. The quantitative estimate of drug-likeness (QED) is 0.644. The summed E-state index contributed by atoms with van der Waals surface area (Å²) < 4.78 is 4.52. The standard InChI is InChI=1S/C13H22N2O5/c1-15(7-3-4-12(18)20-2)13(19)14-10(8-11(16)17)9-5-6-9/h9-10H,3-8H2,1-2H3,(H,14,19)(H,16,17). The zero-order chi connectivity index (χ0) is 15.1. The first kappa shape index (κ1) is 16.3. The zero-order valence-electron chi connectivity index (χ0n) is 11.9. The second-order valence-corrected chi connectivity index (χ2v) is 5.09. The third kappa shape index (κ3) is 5.90. The molecule has 0 heterocycles. The molecule has 1 saturated carbocycles. The van der Waals surface area contributed by atoms with Gasteiger partial charge in [-0.1, -0.05) is 0 Å². The minimum Gasteiger partial charge on any atom is -0.481 e. The molecule has 0 saturated heterocycles. The molecule has 7 heteroatoms. The van der Waals surface area contributed by atoms with E-state index in [1.807, 2.05) is 0 Å². The maximum atomic E-state index is 11.9. The van der Waals surface area contributed by atoms with E-state index in [-0.39, 0.29) is 36.8 Å². The third-order valence-corrected chi connectivity index (χ3v) is 3.34. The Kier molecular flexibility index (Phi) is 6.27. The molecular formula is C13H22N2O5. The van der Waals surface area contributed by atoms with Crippen LogP contribution in [-0.4, -0.2) is 54.7 Å². The molecule has 1 unspecified atom stereocenters. The van der Waals surface area contributed by atoms with Gasteiger partial charge in [0.25, 0.3) is 0 Å². The van der Waals surface area contributed by atoms with Crippen LogP contribution in [0.15, 0.2) is 0 Å². The first-order chi connectivity index (χ1) is 9.43. The topological polar surface area (TPSA) is 95.9 Å². The van der Waals surface area contributed by atoms with E-state index in [9.17, 15) is 14.4 Å². The molecule has 1 aliphatic rings.